The zero-order valence-electron chi connectivity index (χ0n) is 14.6. The minimum atomic E-state index is -0.584. The van der Waals surface area contributed by atoms with Crippen molar-refractivity contribution < 1.29 is 14.6 Å². The van der Waals surface area contributed by atoms with Gasteiger partial charge in [0.15, 0.2) is 0 Å². The molecule has 1 heterocycles. The molecule has 1 fully saturated rings. The maximum Gasteiger partial charge on any atom is 0.308 e. The summed E-state index contributed by atoms with van der Waals surface area (Å²) in [6, 6.07) is 5.93. The van der Waals surface area contributed by atoms with Crippen molar-refractivity contribution in [1.29, 1.82) is 0 Å². The molecule has 25 heavy (non-hydrogen) atoms. The van der Waals surface area contributed by atoms with Gasteiger partial charge in [0.2, 0.25) is 0 Å². The third-order valence-electron chi connectivity index (χ3n) is 4.91. The molecular weight excluding hydrogens is 336 g/mol. The maximum atomic E-state index is 11.6. The Balaban J connectivity index is 1.69. The summed E-state index contributed by atoms with van der Waals surface area (Å²) in [4.78, 5) is 17.1. The molecule has 1 aromatic heterocycles. The average Bonchev–Trinajstić information content (AvgIpc) is 3.10. The summed E-state index contributed by atoms with van der Waals surface area (Å²) in [6.45, 7) is 2.01. The molecule has 1 aliphatic rings. The van der Waals surface area contributed by atoms with E-state index in [-0.39, 0.29) is 17.8 Å². The number of carbonyl (C=O) groups excluding carboxylic acids is 1. The van der Waals surface area contributed by atoms with Crippen LogP contribution in [-0.2, 0) is 9.53 Å². The summed E-state index contributed by atoms with van der Waals surface area (Å²) in [5.41, 5.74) is 8.79. The Hall–Kier alpha value is -1.92. The first-order valence-electron chi connectivity index (χ1n) is 8.57. The third kappa shape index (κ3) is 4.02. The second-order valence-corrected chi connectivity index (χ2v) is 7.84. The Morgan fingerprint density at radius 1 is 1.32 bits per heavy atom. The lowest BCUT2D eigenvalue weighted by Gasteiger charge is -2.29. The van der Waals surface area contributed by atoms with Gasteiger partial charge in [-0.05, 0) is 61.8 Å². The number of aliphatic hydroxyl groups is 1. The number of nitrogens with zero attached hydrogens (tertiary/aromatic N) is 1. The van der Waals surface area contributed by atoms with E-state index in [1.165, 1.54) is 18.4 Å². The molecule has 0 radical (unpaired) electrons. The number of ether oxygens (including phenoxy) is 1. The van der Waals surface area contributed by atoms with Crippen molar-refractivity contribution in [1.82, 2.24) is 4.98 Å². The number of carbonyl (C=O) groups is 1. The van der Waals surface area contributed by atoms with E-state index in [4.69, 9.17) is 10.5 Å². The molecule has 3 N–H and O–H groups in total. The first-order chi connectivity index (χ1) is 12.0. The number of nitrogen functional groups attached to an aromatic ring is 1. The normalized spacial score (nSPS) is 21.7. The molecule has 1 unspecified atom stereocenters. The highest BCUT2D eigenvalue weighted by atomic mass is 32.1. The number of aromatic nitrogens is 1. The first kappa shape index (κ1) is 17.9. The number of methoxy groups -OCH3 is 1. The smallest absolute Gasteiger partial charge is 0.308 e. The van der Waals surface area contributed by atoms with E-state index in [2.05, 4.69) is 11.1 Å². The molecule has 1 atom stereocenters. The summed E-state index contributed by atoms with van der Waals surface area (Å²) in [6.07, 6.45) is 4.37. The molecule has 5 nitrogen and oxygen atoms in total. The molecule has 0 bridgehead atoms. The molecule has 134 valence electrons. The van der Waals surface area contributed by atoms with E-state index in [9.17, 15) is 9.90 Å². The Kier molecular flexibility index (Phi) is 5.39. The van der Waals surface area contributed by atoms with E-state index >= 15 is 0 Å². The zero-order valence-corrected chi connectivity index (χ0v) is 15.4. The van der Waals surface area contributed by atoms with Crippen LogP contribution in [0.25, 0.3) is 10.4 Å². The van der Waals surface area contributed by atoms with Crippen LogP contribution in [0.1, 0.15) is 42.4 Å². The predicted molar refractivity (Wildman–Crippen MR) is 99.1 cm³/mol. The fraction of sp³-hybridized carbons (Fsp3) is 0.474. The number of aliphatic hydroxyl groups excluding tert-OH is 1. The van der Waals surface area contributed by atoms with Crippen molar-refractivity contribution >= 4 is 23.0 Å². The quantitative estimate of drug-likeness (QED) is 0.641. The van der Waals surface area contributed by atoms with Crippen LogP contribution in [0.15, 0.2) is 24.4 Å². The van der Waals surface area contributed by atoms with Crippen LogP contribution >= 0.6 is 11.3 Å². The highest BCUT2D eigenvalue weighted by Crippen LogP contribution is 2.40. The van der Waals surface area contributed by atoms with Crippen LogP contribution in [0.2, 0.25) is 0 Å². The summed E-state index contributed by atoms with van der Waals surface area (Å²) in [7, 11) is 1.43. The first-order valence-corrected chi connectivity index (χ1v) is 9.38. The second-order valence-electron chi connectivity index (χ2n) is 6.77. The molecule has 0 aliphatic heterocycles. The van der Waals surface area contributed by atoms with Crippen LogP contribution in [0.4, 0.5) is 5.69 Å². The minimum absolute atomic E-state index is 0.0319. The number of esters is 1. The molecule has 0 saturated heterocycles. The number of hydrogen-bond acceptors (Lipinski definition) is 6. The monoisotopic (exact) mass is 360 g/mol. The van der Waals surface area contributed by atoms with Crippen LogP contribution < -0.4 is 5.73 Å². The summed E-state index contributed by atoms with van der Waals surface area (Å²) < 4.78 is 4.82. The number of nitrogens with two attached hydrogens (primary N) is 1. The van der Waals surface area contributed by atoms with Crippen molar-refractivity contribution in [2.75, 3.05) is 12.8 Å². The minimum Gasteiger partial charge on any atom is -0.469 e. The number of thiazole rings is 1. The van der Waals surface area contributed by atoms with Crippen LogP contribution in [0.5, 0.6) is 0 Å². The van der Waals surface area contributed by atoms with Gasteiger partial charge in [-0.15, -0.1) is 11.3 Å². The number of rotatable bonds is 4. The molecule has 0 amide bonds. The molecule has 1 saturated carbocycles. The topological polar surface area (TPSA) is 85.4 Å². The fourth-order valence-electron chi connectivity index (χ4n) is 3.55. The largest absolute Gasteiger partial charge is 0.469 e. The Bertz CT molecular complexity index is 731. The SMILES string of the molecule is COC(=O)C1CCC(C(O)c2ncc(-c3cc(C)cc(N)c3)s2)CC1. The van der Waals surface area contributed by atoms with Crippen LogP contribution in [0.3, 0.4) is 0 Å². The molecule has 3 rings (SSSR count). The van der Waals surface area contributed by atoms with Gasteiger partial charge in [0.05, 0.1) is 17.9 Å². The van der Waals surface area contributed by atoms with E-state index in [1.807, 2.05) is 19.1 Å². The molecule has 1 aromatic carbocycles. The van der Waals surface area contributed by atoms with Gasteiger partial charge in [-0.25, -0.2) is 4.98 Å². The lowest BCUT2D eigenvalue weighted by atomic mass is 9.79. The lowest BCUT2D eigenvalue weighted by Crippen LogP contribution is -2.25. The fourth-order valence-corrected chi connectivity index (χ4v) is 4.54. The van der Waals surface area contributed by atoms with E-state index < -0.39 is 6.10 Å². The number of aryl methyl sites for hydroxylation is 1. The van der Waals surface area contributed by atoms with Crippen molar-refractivity contribution in [3.63, 3.8) is 0 Å². The van der Waals surface area contributed by atoms with E-state index in [0.717, 1.165) is 52.4 Å². The highest BCUT2D eigenvalue weighted by molar-refractivity contribution is 7.15. The second kappa shape index (κ2) is 7.54. The average molecular weight is 360 g/mol. The van der Waals surface area contributed by atoms with Gasteiger partial charge in [-0.2, -0.15) is 0 Å². The molecule has 0 spiro atoms. The van der Waals surface area contributed by atoms with Gasteiger partial charge in [-0.3, -0.25) is 4.79 Å². The van der Waals surface area contributed by atoms with Gasteiger partial charge in [0.1, 0.15) is 11.1 Å². The van der Waals surface area contributed by atoms with Crippen molar-refractivity contribution in [2.45, 2.75) is 38.7 Å². The van der Waals surface area contributed by atoms with Crippen LogP contribution in [0, 0.1) is 18.8 Å². The highest BCUT2D eigenvalue weighted by Gasteiger charge is 2.32. The van der Waals surface area contributed by atoms with Gasteiger partial charge in [0, 0.05) is 11.9 Å². The Morgan fingerprint density at radius 3 is 2.68 bits per heavy atom. The van der Waals surface area contributed by atoms with E-state index in [1.54, 1.807) is 6.20 Å². The van der Waals surface area contributed by atoms with Crippen molar-refractivity contribution in [2.24, 2.45) is 11.8 Å². The summed E-state index contributed by atoms with van der Waals surface area (Å²) >= 11 is 1.51. The molecule has 6 heteroatoms. The predicted octanol–water partition coefficient (Wildman–Crippen LogP) is 3.71. The molecular formula is C19H24N2O3S. The zero-order chi connectivity index (χ0) is 18.0. The number of hydrogen-bond donors (Lipinski definition) is 2. The van der Waals surface area contributed by atoms with Gasteiger partial charge < -0.3 is 15.6 Å². The van der Waals surface area contributed by atoms with Crippen molar-refractivity contribution in [3.05, 3.63) is 35.0 Å². The lowest BCUT2D eigenvalue weighted by molar-refractivity contribution is -0.147. The Morgan fingerprint density at radius 2 is 2.04 bits per heavy atom. The van der Waals surface area contributed by atoms with Gasteiger partial charge >= 0.3 is 5.97 Å². The van der Waals surface area contributed by atoms with Gasteiger partial charge in [-0.1, -0.05) is 6.07 Å². The Labute approximate surface area is 151 Å². The summed E-state index contributed by atoms with van der Waals surface area (Å²) in [5.74, 6) is -0.0282. The standard InChI is InChI=1S/C19H24N2O3S/c1-11-7-14(9-15(20)8-11)16-10-21-18(25-16)17(22)12-3-5-13(6-4-12)19(23)24-2/h7-10,12-13,17,22H,3-6,20H2,1-2H3. The molecule has 2 aromatic rings. The third-order valence-corrected chi connectivity index (χ3v) is 6.03. The number of anilines is 1. The van der Waals surface area contributed by atoms with Crippen LogP contribution in [-0.4, -0.2) is 23.2 Å². The van der Waals surface area contributed by atoms with Gasteiger partial charge in [0.25, 0.3) is 0 Å². The summed E-state index contributed by atoms with van der Waals surface area (Å²) in [5, 5.41) is 11.4. The molecule has 1 aliphatic carbocycles. The maximum absolute atomic E-state index is 11.6. The number of benzene rings is 1. The van der Waals surface area contributed by atoms with E-state index in [0.29, 0.717) is 0 Å². The van der Waals surface area contributed by atoms with Crippen molar-refractivity contribution in [3.8, 4) is 10.4 Å².